The molecule has 0 radical (unpaired) electrons. The second kappa shape index (κ2) is 12.2. The number of benzene rings is 1. The maximum Gasteiger partial charge on any atom is 0.339 e. The van der Waals surface area contributed by atoms with Gasteiger partial charge in [0.1, 0.15) is 5.60 Å². The van der Waals surface area contributed by atoms with Gasteiger partial charge in [-0.3, -0.25) is 9.88 Å². The summed E-state index contributed by atoms with van der Waals surface area (Å²) < 4.78 is 15.0. The van der Waals surface area contributed by atoms with Crippen molar-refractivity contribution in [2.24, 2.45) is 13.0 Å². The van der Waals surface area contributed by atoms with Crippen LogP contribution in [0, 0.1) is 5.92 Å². The van der Waals surface area contributed by atoms with Gasteiger partial charge in [0.15, 0.2) is 12.2 Å². The molecule has 1 saturated heterocycles. The Hall–Kier alpha value is -3.36. The number of aryl methyl sites for hydroxylation is 1. The molecule has 0 bridgehead atoms. The highest BCUT2D eigenvalue weighted by molar-refractivity contribution is 9.10. The molecule has 1 aliphatic heterocycles. The van der Waals surface area contributed by atoms with Gasteiger partial charge >= 0.3 is 17.9 Å². The van der Waals surface area contributed by atoms with E-state index in [0.29, 0.717) is 12.2 Å². The van der Waals surface area contributed by atoms with Gasteiger partial charge < -0.3 is 34.5 Å². The predicted molar refractivity (Wildman–Crippen MR) is 149 cm³/mol. The van der Waals surface area contributed by atoms with Crippen molar-refractivity contribution in [1.82, 2.24) is 14.5 Å². The van der Waals surface area contributed by atoms with Gasteiger partial charge in [-0.05, 0) is 59.1 Å². The van der Waals surface area contributed by atoms with Gasteiger partial charge in [0.2, 0.25) is 0 Å². The average Bonchev–Trinajstić information content (AvgIpc) is 3.27. The van der Waals surface area contributed by atoms with E-state index in [1.165, 1.54) is 28.2 Å². The number of likely N-dealkylation sites (tertiary alicyclic amines) is 1. The van der Waals surface area contributed by atoms with Crippen molar-refractivity contribution in [2.75, 3.05) is 27.3 Å². The second-order valence-corrected chi connectivity index (χ2v) is 11.3. The minimum absolute atomic E-state index is 0.172. The molecule has 4 N–H and O–H groups in total. The number of carbonyl (C=O) groups is 3. The number of nitrogens with zero attached hydrogens (tertiary/aromatic N) is 3. The van der Waals surface area contributed by atoms with Crippen molar-refractivity contribution in [3.63, 3.8) is 0 Å². The number of likely N-dealkylation sites (N-methyl/N-ethyl adjacent to an activating group) is 1. The molecule has 1 aliphatic carbocycles. The molecule has 2 aromatic heterocycles. The van der Waals surface area contributed by atoms with Crippen LogP contribution in [0.4, 0.5) is 0 Å². The van der Waals surface area contributed by atoms with Crippen molar-refractivity contribution in [3.8, 4) is 0 Å². The first kappa shape index (κ1) is 30.6. The normalized spacial score (nSPS) is 23.1. The topological polar surface area (TPSA) is 172 Å². The second-order valence-electron chi connectivity index (χ2n) is 10.3. The van der Waals surface area contributed by atoms with Crippen LogP contribution in [0.1, 0.15) is 27.9 Å². The Kier molecular flexibility index (Phi) is 9.14. The van der Waals surface area contributed by atoms with Gasteiger partial charge in [0.25, 0.3) is 0 Å². The molecule has 5 atom stereocenters. The number of aliphatic carboxylic acids is 2. The molecular formula is C28H32BrN3O9. The van der Waals surface area contributed by atoms with Crippen LogP contribution in [0.5, 0.6) is 0 Å². The number of carboxylic acid groups (broad SMARTS) is 2. The number of hydrogen-bond acceptors (Lipinski definition) is 9. The number of pyridine rings is 1. The number of fused-ring (bicyclic) bond motifs is 2. The van der Waals surface area contributed by atoms with Crippen LogP contribution < -0.4 is 0 Å². The molecule has 3 aromatic rings. The fraction of sp³-hybridized carbons (Fsp3) is 0.429. The Labute approximate surface area is 244 Å². The highest BCUT2D eigenvalue weighted by Crippen LogP contribution is 2.49. The number of methoxy groups -OCH3 is 1. The molecule has 1 fully saturated rings. The lowest BCUT2D eigenvalue weighted by Crippen LogP contribution is -2.59. The Morgan fingerprint density at radius 2 is 1.83 bits per heavy atom. The van der Waals surface area contributed by atoms with Crippen LogP contribution in [0.15, 0.2) is 47.3 Å². The summed E-state index contributed by atoms with van der Waals surface area (Å²) in [4.78, 5) is 38.5. The first-order valence-electron chi connectivity index (χ1n) is 12.8. The maximum absolute atomic E-state index is 12.5. The summed E-state index contributed by atoms with van der Waals surface area (Å²) in [5.74, 6) is -3.71. The van der Waals surface area contributed by atoms with E-state index in [4.69, 9.17) is 29.9 Å². The smallest absolute Gasteiger partial charge is 0.339 e. The molecule has 1 aromatic carbocycles. The molecule has 12 nitrogen and oxygen atoms in total. The van der Waals surface area contributed by atoms with Crippen molar-refractivity contribution in [1.29, 1.82) is 0 Å². The lowest BCUT2D eigenvalue weighted by atomic mass is 9.69. The number of carbonyl (C=O) groups excluding carboxylic acids is 1. The Balaban J connectivity index is 0.000000334. The standard InChI is InChI=1S/C24H26BrN3O3.C4H6O6/c1-27-13-17-8-21-24(30-3,19-5-4-6-20(27)22(17)19)9-15(12-28(21)2)14-31-23(29)16-7-18(25)11-26-10-16;5-1(3(7)8)2(6)4(9)10/h4-7,10-11,13,15,21H,8-9,12,14H2,1-3H3;1-2,5-6H,(H,7,8)(H,9,10)/t15?,21?,24-;/m0./s1. The van der Waals surface area contributed by atoms with Gasteiger partial charge in [-0.2, -0.15) is 0 Å². The van der Waals surface area contributed by atoms with Gasteiger partial charge in [0, 0.05) is 66.6 Å². The Morgan fingerprint density at radius 3 is 2.44 bits per heavy atom. The van der Waals surface area contributed by atoms with Gasteiger partial charge in [-0.25, -0.2) is 14.4 Å². The van der Waals surface area contributed by atoms with E-state index in [2.05, 4.69) is 68.9 Å². The highest BCUT2D eigenvalue weighted by Gasteiger charge is 2.51. The minimum Gasteiger partial charge on any atom is -0.479 e. The van der Waals surface area contributed by atoms with Crippen molar-refractivity contribution >= 4 is 44.7 Å². The number of ether oxygens (including phenoxy) is 2. The zero-order valence-corrected chi connectivity index (χ0v) is 24.3. The third-order valence-electron chi connectivity index (χ3n) is 7.73. The molecule has 13 heteroatoms. The van der Waals surface area contributed by atoms with E-state index >= 15 is 0 Å². The van der Waals surface area contributed by atoms with Crippen molar-refractivity contribution in [2.45, 2.75) is 36.7 Å². The fourth-order valence-electron chi connectivity index (χ4n) is 5.90. The van der Waals surface area contributed by atoms with E-state index in [-0.39, 0.29) is 17.9 Å². The zero-order chi connectivity index (χ0) is 30.1. The van der Waals surface area contributed by atoms with Crippen LogP contribution in [-0.4, -0.2) is 98.3 Å². The summed E-state index contributed by atoms with van der Waals surface area (Å²) in [6, 6.07) is 8.47. The number of hydrogen-bond donors (Lipinski definition) is 4. The fourth-order valence-corrected chi connectivity index (χ4v) is 6.26. The monoisotopic (exact) mass is 633 g/mol. The number of carboxylic acids is 2. The molecule has 4 unspecified atom stereocenters. The molecule has 41 heavy (non-hydrogen) atoms. The molecular weight excluding hydrogens is 602 g/mol. The highest BCUT2D eigenvalue weighted by atomic mass is 79.9. The number of halogens is 1. The number of piperidine rings is 1. The lowest BCUT2D eigenvalue weighted by Gasteiger charge is -2.53. The van der Waals surface area contributed by atoms with Crippen LogP contribution >= 0.6 is 15.9 Å². The van der Waals surface area contributed by atoms with Crippen molar-refractivity contribution < 1.29 is 44.3 Å². The summed E-state index contributed by atoms with van der Waals surface area (Å²) in [5.41, 5.74) is 3.90. The third-order valence-corrected chi connectivity index (χ3v) is 8.16. The Bertz CT molecular complexity index is 1440. The first-order chi connectivity index (χ1) is 19.4. The SMILES string of the molecule is CO[C@]12CC(COC(=O)c3cncc(Br)c3)CN(C)C1Cc1cn(C)c3cccc2c13.O=C(O)C(O)C(O)C(=O)O. The number of aliphatic hydroxyl groups excluding tert-OH is 2. The number of rotatable bonds is 7. The minimum atomic E-state index is -2.27. The summed E-state index contributed by atoms with van der Waals surface area (Å²) in [5, 5.41) is 33.8. The van der Waals surface area contributed by atoms with Gasteiger partial charge in [0.05, 0.1) is 12.2 Å². The summed E-state index contributed by atoms with van der Waals surface area (Å²) >= 11 is 3.35. The summed E-state index contributed by atoms with van der Waals surface area (Å²) in [6.07, 6.45) is 2.67. The number of esters is 1. The van der Waals surface area contributed by atoms with Crippen LogP contribution in [-0.2, 0) is 38.1 Å². The van der Waals surface area contributed by atoms with Crippen molar-refractivity contribution in [3.05, 3.63) is 64.0 Å². The van der Waals surface area contributed by atoms with Gasteiger partial charge in [-0.15, -0.1) is 0 Å². The number of aliphatic hydroxyl groups is 2. The van der Waals surface area contributed by atoms with E-state index in [1.807, 2.05) is 7.11 Å². The molecule has 0 saturated carbocycles. The van der Waals surface area contributed by atoms with E-state index < -0.39 is 29.7 Å². The Morgan fingerprint density at radius 1 is 1.15 bits per heavy atom. The molecule has 220 valence electrons. The third kappa shape index (κ3) is 5.99. The summed E-state index contributed by atoms with van der Waals surface area (Å²) in [6.45, 7) is 1.21. The maximum atomic E-state index is 12.5. The summed E-state index contributed by atoms with van der Waals surface area (Å²) in [7, 11) is 6.07. The van der Waals surface area contributed by atoms with E-state index in [0.717, 1.165) is 23.9 Å². The van der Waals surface area contributed by atoms with E-state index in [1.54, 1.807) is 12.3 Å². The molecule has 0 amide bonds. The first-order valence-corrected chi connectivity index (χ1v) is 13.6. The van der Waals surface area contributed by atoms with Gasteiger partial charge in [-0.1, -0.05) is 12.1 Å². The van der Waals surface area contributed by atoms with Crippen LogP contribution in [0.2, 0.25) is 0 Å². The number of aromatic nitrogens is 2. The average molecular weight is 634 g/mol. The lowest BCUT2D eigenvalue weighted by molar-refractivity contribution is -0.165. The molecule has 5 rings (SSSR count). The quantitative estimate of drug-likeness (QED) is 0.279. The largest absolute Gasteiger partial charge is 0.479 e. The molecule has 0 spiro atoms. The van der Waals surface area contributed by atoms with E-state index in [9.17, 15) is 14.4 Å². The molecule has 3 heterocycles. The predicted octanol–water partition coefficient (Wildman–Crippen LogP) is 1.79. The van der Waals surface area contributed by atoms with Crippen LogP contribution in [0.25, 0.3) is 10.9 Å². The molecule has 2 aliphatic rings. The zero-order valence-electron chi connectivity index (χ0n) is 22.7. The van der Waals surface area contributed by atoms with Crippen LogP contribution in [0.3, 0.4) is 0 Å².